The predicted molar refractivity (Wildman–Crippen MR) is 100 cm³/mol. The molecule has 1 saturated heterocycles. The van der Waals surface area contributed by atoms with Crippen molar-refractivity contribution in [2.75, 3.05) is 14.2 Å². The van der Waals surface area contributed by atoms with E-state index in [1.54, 1.807) is 43.5 Å². The monoisotopic (exact) mass is 372 g/mol. The molecule has 1 aliphatic heterocycles. The minimum absolute atomic E-state index is 0.194. The van der Waals surface area contributed by atoms with E-state index in [1.807, 2.05) is 0 Å². The molecular weight excluding hydrogens is 355 g/mol. The second-order valence-electron chi connectivity index (χ2n) is 5.68. The van der Waals surface area contributed by atoms with E-state index in [4.69, 9.17) is 21.7 Å². The van der Waals surface area contributed by atoms with Gasteiger partial charge in [-0.15, -0.1) is 0 Å². The first kappa shape index (κ1) is 17.9. The van der Waals surface area contributed by atoms with Gasteiger partial charge in [-0.1, -0.05) is 18.2 Å². The molecule has 0 unspecified atom stereocenters. The summed E-state index contributed by atoms with van der Waals surface area (Å²) >= 11 is 5.05. The first-order valence-electron chi connectivity index (χ1n) is 7.84. The van der Waals surface area contributed by atoms with E-state index in [9.17, 15) is 9.18 Å². The van der Waals surface area contributed by atoms with Crippen molar-refractivity contribution >= 4 is 29.3 Å². The first-order chi connectivity index (χ1) is 12.5. The summed E-state index contributed by atoms with van der Waals surface area (Å²) in [6.07, 6.45) is 1.69. The van der Waals surface area contributed by atoms with Crippen LogP contribution in [0, 0.1) is 5.82 Å². The molecule has 2 aromatic rings. The van der Waals surface area contributed by atoms with Crippen molar-refractivity contribution in [1.29, 1.82) is 0 Å². The smallest absolute Gasteiger partial charge is 0.276 e. The van der Waals surface area contributed by atoms with E-state index in [-0.39, 0.29) is 18.3 Å². The summed E-state index contributed by atoms with van der Waals surface area (Å²) in [4.78, 5) is 13.4. The van der Waals surface area contributed by atoms with Gasteiger partial charge >= 0.3 is 0 Å². The van der Waals surface area contributed by atoms with E-state index in [1.165, 1.54) is 24.1 Å². The fourth-order valence-corrected chi connectivity index (χ4v) is 2.66. The zero-order valence-electron chi connectivity index (χ0n) is 14.3. The summed E-state index contributed by atoms with van der Waals surface area (Å²) < 4.78 is 24.3. The number of nitrogens with one attached hydrogen (secondary N) is 1. The Hall–Kier alpha value is -2.93. The number of methoxy groups -OCH3 is 1. The lowest BCUT2D eigenvalue weighted by atomic mass is 10.1. The van der Waals surface area contributed by atoms with Gasteiger partial charge in [0.25, 0.3) is 5.91 Å². The highest BCUT2D eigenvalue weighted by molar-refractivity contribution is 7.80. The molecule has 0 bridgehead atoms. The first-order valence-corrected chi connectivity index (χ1v) is 8.25. The van der Waals surface area contributed by atoms with Gasteiger partial charge in [-0.3, -0.25) is 9.69 Å². The van der Waals surface area contributed by atoms with Crippen LogP contribution in [0.4, 0.5) is 4.39 Å². The second kappa shape index (κ2) is 7.53. The molecule has 1 fully saturated rings. The Kier molecular flexibility index (Phi) is 5.18. The lowest BCUT2D eigenvalue weighted by molar-refractivity contribution is -0.121. The van der Waals surface area contributed by atoms with Crippen LogP contribution in [-0.4, -0.2) is 30.1 Å². The molecule has 7 heteroatoms. The van der Waals surface area contributed by atoms with Crippen molar-refractivity contribution < 1.29 is 18.7 Å². The average Bonchev–Trinajstić information content (AvgIpc) is 2.87. The maximum absolute atomic E-state index is 13.2. The molecular formula is C19H17FN2O3S. The Morgan fingerprint density at radius 1 is 1.23 bits per heavy atom. The summed E-state index contributed by atoms with van der Waals surface area (Å²) in [7, 11) is 3.14. The topological polar surface area (TPSA) is 50.8 Å². The van der Waals surface area contributed by atoms with Crippen LogP contribution in [0.15, 0.2) is 48.2 Å². The number of rotatable bonds is 5. The highest BCUT2D eigenvalue weighted by atomic mass is 32.1. The molecule has 0 aliphatic carbocycles. The number of benzene rings is 2. The van der Waals surface area contributed by atoms with Crippen LogP contribution in [0.5, 0.6) is 11.5 Å². The zero-order valence-corrected chi connectivity index (χ0v) is 15.1. The third-order valence-corrected chi connectivity index (χ3v) is 4.24. The normalized spacial score (nSPS) is 15.3. The third kappa shape index (κ3) is 3.83. The Bertz CT molecular complexity index is 898. The van der Waals surface area contributed by atoms with Gasteiger partial charge in [0.05, 0.1) is 7.11 Å². The summed E-state index contributed by atoms with van der Waals surface area (Å²) in [6, 6.07) is 11.5. The van der Waals surface area contributed by atoms with Gasteiger partial charge in [0.1, 0.15) is 18.1 Å². The lowest BCUT2D eigenvalue weighted by Crippen LogP contribution is -2.25. The fourth-order valence-electron chi connectivity index (χ4n) is 2.47. The number of likely N-dealkylation sites (N-methyl/N-ethyl adjacent to an activating group) is 1. The molecule has 1 N–H and O–H groups in total. The van der Waals surface area contributed by atoms with Crippen LogP contribution in [0.25, 0.3) is 6.08 Å². The number of nitrogens with zero attached hydrogens (tertiary/aromatic N) is 1. The van der Waals surface area contributed by atoms with Gasteiger partial charge in [0, 0.05) is 7.05 Å². The molecule has 2 aromatic carbocycles. The van der Waals surface area contributed by atoms with Crippen LogP contribution in [0.2, 0.25) is 0 Å². The molecule has 134 valence electrons. The maximum atomic E-state index is 13.2. The van der Waals surface area contributed by atoms with E-state index in [0.717, 1.165) is 11.1 Å². The SMILES string of the molecule is COc1cc(/C=C2/NC(=S)N(C)C2=O)ccc1OCc1cccc(F)c1. The van der Waals surface area contributed by atoms with Crippen molar-refractivity contribution in [3.05, 3.63) is 65.1 Å². The maximum Gasteiger partial charge on any atom is 0.276 e. The van der Waals surface area contributed by atoms with E-state index >= 15 is 0 Å². The minimum atomic E-state index is -0.309. The number of amides is 1. The van der Waals surface area contributed by atoms with E-state index in [2.05, 4.69) is 5.32 Å². The molecule has 5 nitrogen and oxygen atoms in total. The van der Waals surface area contributed by atoms with Crippen LogP contribution in [0.3, 0.4) is 0 Å². The van der Waals surface area contributed by atoms with Crippen molar-refractivity contribution in [3.63, 3.8) is 0 Å². The summed E-state index contributed by atoms with van der Waals surface area (Å²) in [5.74, 6) is 0.534. The molecule has 0 atom stereocenters. The summed E-state index contributed by atoms with van der Waals surface area (Å²) in [5.41, 5.74) is 1.87. The number of halogens is 1. The predicted octanol–water partition coefficient (Wildman–Crippen LogP) is 3.10. The molecule has 0 radical (unpaired) electrons. The second-order valence-corrected chi connectivity index (χ2v) is 6.07. The number of hydrogen-bond donors (Lipinski definition) is 1. The molecule has 1 heterocycles. The van der Waals surface area contributed by atoms with Gasteiger partial charge in [-0.05, 0) is 53.7 Å². The molecule has 26 heavy (non-hydrogen) atoms. The Morgan fingerprint density at radius 2 is 2.04 bits per heavy atom. The fraction of sp³-hybridized carbons (Fsp3) is 0.158. The zero-order chi connectivity index (χ0) is 18.7. The van der Waals surface area contributed by atoms with Gasteiger partial charge < -0.3 is 14.8 Å². The van der Waals surface area contributed by atoms with Crippen molar-refractivity contribution in [2.24, 2.45) is 0 Å². The van der Waals surface area contributed by atoms with Gasteiger partial charge in [0.15, 0.2) is 16.6 Å². The standard InChI is InChI=1S/C19H17FN2O3S/c1-22-18(23)15(21-19(22)26)9-12-6-7-16(17(10-12)24-2)25-11-13-4-3-5-14(20)8-13/h3-10H,11H2,1-2H3,(H,21,26)/b15-9+. The Balaban J connectivity index is 1.78. The summed E-state index contributed by atoms with van der Waals surface area (Å²) in [5, 5.41) is 3.23. The van der Waals surface area contributed by atoms with Gasteiger partial charge in [-0.25, -0.2) is 4.39 Å². The van der Waals surface area contributed by atoms with Gasteiger partial charge in [0.2, 0.25) is 0 Å². The van der Waals surface area contributed by atoms with Crippen LogP contribution >= 0.6 is 12.2 Å². The van der Waals surface area contributed by atoms with Crippen LogP contribution in [0.1, 0.15) is 11.1 Å². The third-order valence-electron chi connectivity index (χ3n) is 3.86. The molecule has 0 saturated carbocycles. The van der Waals surface area contributed by atoms with Crippen molar-refractivity contribution in [3.8, 4) is 11.5 Å². The summed E-state index contributed by atoms with van der Waals surface area (Å²) in [6.45, 7) is 0.216. The van der Waals surface area contributed by atoms with Gasteiger partial charge in [-0.2, -0.15) is 0 Å². The Labute approximate surface area is 156 Å². The number of thiocarbonyl (C=S) groups is 1. The number of ether oxygens (including phenoxy) is 2. The highest BCUT2D eigenvalue weighted by Crippen LogP contribution is 2.30. The molecule has 0 aromatic heterocycles. The van der Waals surface area contributed by atoms with Crippen molar-refractivity contribution in [2.45, 2.75) is 6.61 Å². The quantitative estimate of drug-likeness (QED) is 0.646. The van der Waals surface area contributed by atoms with E-state index < -0.39 is 0 Å². The molecule has 1 amide bonds. The van der Waals surface area contributed by atoms with Crippen LogP contribution < -0.4 is 14.8 Å². The van der Waals surface area contributed by atoms with Crippen LogP contribution in [-0.2, 0) is 11.4 Å². The molecule has 1 aliphatic rings. The van der Waals surface area contributed by atoms with Crippen molar-refractivity contribution in [1.82, 2.24) is 10.2 Å². The van der Waals surface area contributed by atoms with E-state index in [0.29, 0.717) is 22.3 Å². The molecule has 3 rings (SSSR count). The number of hydrogen-bond acceptors (Lipinski definition) is 4. The average molecular weight is 372 g/mol. The Morgan fingerprint density at radius 3 is 2.69 bits per heavy atom. The number of carbonyl (C=O) groups excluding carboxylic acids is 1. The molecule has 0 spiro atoms. The number of carbonyl (C=O) groups is 1. The lowest BCUT2D eigenvalue weighted by Gasteiger charge is -2.11. The minimum Gasteiger partial charge on any atom is -0.493 e. The largest absolute Gasteiger partial charge is 0.493 e. The highest BCUT2D eigenvalue weighted by Gasteiger charge is 2.26.